The Morgan fingerprint density at radius 2 is 2.11 bits per heavy atom. The molecule has 0 aromatic carbocycles. The summed E-state index contributed by atoms with van der Waals surface area (Å²) >= 11 is 6.11. The van der Waals surface area contributed by atoms with Gasteiger partial charge in [0.25, 0.3) is 0 Å². The molecule has 100 valence electrons. The largest absolute Gasteiger partial charge is 0.392 e. The summed E-state index contributed by atoms with van der Waals surface area (Å²) in [6.45, 7) is 0.400. The van der Waals surface area contributed by atoms with Gasteiger partial charge in [0.15, 0.2) is 0 Å². The zero-order valence-corrected chi connectivity index (χ0v) is 10.8. The Balaban J connectivity index is 1.82. The van der Waals surface area contributed by atoms with Gasteiger partial charge in [0.1, 0.15) is 6.04 Å². The Bertz CT molecular complexity index is 525. The van der Waals surface area contributed by atoms with E-state index < -0.39 is 18.0 Å². The van der Waals surface area contributed by atoms with Gasteiger partial charge in [-0.2, -0.15) is 0 Å². The number of allylic oxidation sites excluding steroid dienone is 2. The predicted molar refractivity (Wildman–Crippen MR) is 65.9 cm³/mol. The van der Waals surface area contributed by atoms with Gasteiger partial charge in [-0.15, -0.1) is 0 Å². The van der Waals surface area contributed by atoms with Crippen LogP contribution in [0, 0.1) is 11.8 Å². The SMILES string of the molecule is O=C1CCC(N2CC3C(Cl)=CC=CC3C2=O)C(=O)O1. The Hall–Kier alpha value is -1.62. The zero-order valence-electron chi connectivity index (χ0n) is 10.0. The minimum Gasteiger partial charge on any atom is -0.392 e. The van der Waals surface area contributed by atoms with Gasteiger partial charge in [-0.1, -0.05) is 23.8 Å². The molecule has 3 atom stereocenters. The first-order valence-corrected chi connectivity index (χ1v) is 6.54. The maximum atomic E-state index is 12.3. The molecule has 3 aliphatic rings. The number of hydrogen-bond acceptors (Lipinski definition) is 4. The van der Waals surface area contributed by atoms with E-state index in [4.69, 9.17) is 11.6 Å². The molecule has 2 saturated heterocycles. The van der Waals surface area contributed by atoms with Gasteiger partial charge in [-0.05, 0) is 12.5 Å². The molecule has 0 aromatic heterocycles. The Morgan fingerprint density at radius 3 is 2.79 bits per heavy atom. The van der Waals surface area contributed by atoms with Crippen LogP contribution < -0.4 is 0 Å². The third-order valence-electron chi connectivity index (χ3n) is 3.81. The first-order chi connectivity index (χ1) is 9.08. The summed E-state index contributed by atoms with van der Waals surface area (Å²) in [7, 11) is 0. The monoisotopic (exact) mass is 281 g/mol. The number of cyclic esters (lactones) is 2. The molecule has 2 heterocycles. The van der Waals surface area contributed by atoms with Crippen LogP contribution in [0.15, 0.2) is 23.3 Å². The lowest BCUT2D eigenvalue weighted by atomic mass is 9.91. The molecule has 2 aliphatic heterocycles. The van der Waals surface area contributed by atoms with Crippen LogP contribution in [0.25, 0.3) is 0 Å². The fourth-order valence-electron chi connectivity index (χ4n) is 2.81. The molecule has 1 amide bonds. The number of rotatable bonds is 1. The Kier molecular flexibility index (Phi) is 2.93. The zero-order chi connectivity index (χ0) is 13.6. The lowest BCUT2D eigenvalue weighted by Gasteiger charge is -2.28. The van der Waals surface area contributed by atoms with Crippen LogP contribution in [0.3, 0.4) is 0 Å². The quantitative estimate of drug-likeness (QED) is 0.531. The molecule has 0 N–H and O–H groups in total. The van der Waals surface area contributed by atoms with Crippen molar-refractivity contribution in [1.82, 2.24) is 4.90 Å². The summed E-state index contributed by atoms with van der Waals surface area (Å²) in [5.74, 6) is -1.67. The standard InChI is InChI=1S/C13H12ClNO4/c14-9-3-1-2-7-8(9)6-15(12(7)17)10-4-5-11(16)19-13(10)18/h1-3,7-8,10H,4-6H2. The molecule has 0 saturated carbocycles. The molecule has 19 heavy (non-hydrogen) atoms. The van der Waals surface area contributed by atoms with Gasteiger partial charge in [-0.25, -0.2) is 4.79 Å². The molecule has 0 bridgehead atoms. The number of fused-ring (bicyclic) bond motifs is 1. The van der Waals surface area contributed by atoms with Gasteiger partial charge < -0.3 is 9.64 Å². The van der Waals surface area contributed by atoms with Crippen LogP contribution in [0.1, 0.15) is 12.8 Å². The van der Waals surface area contributed by atoms with Crippen LogP contribution in [-0.2, 0) is 19.1 Å². The van der Waals surface area contributed by atoms with Crippen molar-refractivity contribution in [2.75, 3.05) is 6.54 Å². The highest BCUT2D eigenvalue weighted by atomic mass is 35.5. The van der Waals surface area contributed by atoms with E-state index in [2.05, 4.69) is 4.74 Å². The summed E-state index contributed by atoms with van der Waals surface area (Å²) < 4.78 is 4.60. The van der Waals surface area contributed by atoms with Crippen molar-refractivity contribution in [3.8, 4) is 0 Å². The Morgan fingerprint density at radius 1 is 1.32 bits per heavy atom. The topological polar surface area (TPSA) is 63.7 Å². The van der Waals surface area contributed by atoms with E-state index in [0.29, 0.717) is 18.0 Å². The summed E-state index contributed by atoms with van der Waals surface area (Å²) in [5, 5.41) is 0.628. The van der Waals surface area contributed by atoms with E-state index in [0.717, 1.165) is 0 Å². The number of halogens is 1. The van der Waals surface area contributed by atoms with Gasteiger partial charge in [0.05, 0.1) is 5.92 Å². The van der Waals surface area contributed by atoms with E-state index in [1.165, 1.54) is 4.90 Å². The second-order valence-electron chi connectivity index (χ2n) is 4.91. The summed E-state index contributed by atoms with van der Waals surface area (Å²) in [6.07, 6.45) is 5.82. The first kappa shape index (κ1) is 12.4. The second kappa shape index (κ2) is 4.49. The van der Waals surface area contributed by atoms with E-state index in [1.807, 2.05) is 0 Å². The highest BCUT2D eigenvalue weighted by molar-refractivity contribution is 6.30. The molecule has 3 unspecified atom stereocenters. The number of ether oxygens (including phenoxy) is 1. The van der Waals surface area contributed by atoms with Gasteiger partial charge in [-0.3, -0.25) is 9.59 Å². The fraction of sp³-hybridized carbons (Fsp3) is 0.462. The molecule has 0 radical (unpaired) electrons. The molecule has 6 heteroatoms. The lowest BCUT2D eigenvalue weighted by molar-refractivity contribution is -0.170. The number of carbonyl (C=O) groups excluding carboxylic acids is 3. The number of hydrogen-bond donors (Lipinski definition) is 0. The van der Waals surface area contributed by atoms with Crippen molar-refractivity contribution in [3.05, 3.63) is 23.3 Å². The summed E-state index contributed by atoms with van der Waals surface area (Å²) in [4.78, 5) is 36.6. The van der Waals surface area contributed by atoms with Crippen LogP contribution in [0.4, 0.5) is 0 Å². The van der Waals surface area contributed by atoms with Crippen LogP contribution in [0.5, 0.6) is 0 Å². The number of nitrogens with zero attached hydrogens (tertiary/aromatic N) is 1. The van der Waals surface area contributed by atoms with Crippen molar-refractivity contribution in [2.24, 2.45) is 11.8 Å². The van der Waals surface area contributed by atoms with E-state index >= 15 is 0 Å². The van der Waals surface area contributed by atoms with Crippen molar-refractivity contribution >= 4 is 29.4 Å². The van der Waals surface area contributed by atoms with Gasteiger partial charge in [0.2, 0.25) is 5.91 Å². The van der Waals surface area contributed by atoms with E-state index in [9.17, 15) is 14.4 Å². The van der Waals surface area contributed by atoms with Crippen LogP contribution >= 0.6 is 11.6 Å². The van der Waals surface area contributed by atoms with Crippen LogP contribution in [-0.4, -0.2) is 35.3 Å². The van der Waals surface area contributed by atoms with Crippen molar-refractivity contribution < 1.29 is 19.1 Å². The third kappa shape index (κ3) is 1.98. The maximum absolute atomic E-state index is 12.3. The molecule has 3 rings (SSSR count). The fourth-order valence-corrected chi connectivity index (χ4v) is 3.09. The van der Waals surface area contributed by atoms with Crippen LogP contribution in [0.2, 0.25) is 0 Å². The van der Waals surface area contributed by atoms with E-state index in [-0.39, 0.29) is 24.2 Å². The second-order valence-corrected chi connectivity index (χ2v) is 5.34. The van der Waals surface area contributed by atoms with Crippen molar-refractivity contribution in [3.63, 3.8) is 0 Å². The lowest BCUT2D eigenvalue weighted by Crippen LogP contribution is -2.47. The number of likely N-dealkylation sites (tertiary alicyclic amines) is 1. The molecule has 5 nitrogen and oxygen atoms in total. The number of amides is 1. The molecule has 2 fully saturated rings. The predicted octanol–water partition coefficient (Wildman–Crippen LogP) is 0.986. The number of esters is 2. The minimum atomic E-state index is -0.659. The van der Waals surface area contributed by atoms with Crippen molar-refractivity contribution in [1.29, 1.82) is 0 Å². The number of carbonyl (C=O) groups is 3. The average molecular weight is 282 g/mol. The summed E-state index contributed by atoms with van der Waals surface area (Å²) in [6, 6.07) is -0.659. The minimum absolute atomic E-state index is 0.0930. The molecule has 0 spiro atoms. The third-order valence-corrected chi connectivity index (χ3v) is 4.21. The van der Waals surface area contributed by atoms with Gasteiger partial charge in [0, 0.05) is 23.9 Å². The maximum Gasteiger partial charge on any atom is 0.336 e. The van der Waals surface area contributed by atoms with E-state index in [1.54, 1.807) is 18.2 Å². The molecular formula is C13H12ClNO4. The highest BCUT2D eigenvalue weighted by Gasteiger charge is 2.47. The Labute approximate surface area is 114 Å². The molecular weight excluding hydrogens is 270 g/mol. The summed E-state index contributed by atoms with van der Waals surface area (Å²) in [5.41, 5.74) is 0. The van der Waals surface area contributed by atoms with Crippen molar-refractivity contribution in [2.45, 2.75) is 18.9 Å². The van der Waals surface area contributed by atoms with Gasteiger partial charge >= 0.3 is 11.9 Å². The molecule has 0 aromatic rings. The molecule has 1 aliphatic carbocycles. The highest BCUT2D eigenvalue weighted by Crippen LogP contribution is 2.38. The normalized spacial score (nSPS) is 34.2. The smallest absolute Gasteiger partial charge is 0.336 e. The average Bonchev–Trinajstić information content (AvgIpc) is 2.69. The first-order valence-electron chi connectivity index (χ1n) is 6.17.